The van der Waals surface area contributed by atoms with Gasteiger partial charge in [0.25, 0.3) is 0 Å². The maximum Gasteiger partial charge on any atom is 0.144 e. The molecule has 4 aromatic rings. The van der Waals surface area contributed by atoms with Gasteiger partial charge in [-0.1, -0.05) is 6.07 Å². The lowest BCUT2D eigenvalue weighted by molar-refractivity contribution is 1.08. The van der Waals surface area contributed by atoms with Gasteiger partial charge in [0.1, 0.15) is 17.4 Å². The van der Waals surface area contributed by atoms with Gasteiger partial charge in [0, 0.05) is 23.0 Å². The first-order valence-electron chi connectivity index (χ1n) is 7.11. The molecule has 0 atom stereocenters. The number of aromatic amines is 1. The summed E-state index contributed by atoms with van der Waals surface area (Å²) in [5.41, 5.74) is 5.75. The molecule has 0 spiro atoms. The van der Waals surface area contributed by atoms with E-state index in [0.29, 0.717) is 5.69 Å². The summed E-state index contributed by atoms with van der Waals surface area (Å²) in [4.78, 5) is 8.75. The summed E-state index contributed by atoms with van der Waals surface area (Å²) in [5, 5.41) is 16.3. The second kappa shape index (κ2) is 5.07. The van der Waals surface area contributed by atoms with Crippen molar-refractivity contribution in [3.05, 3.63) is 60.3 Å². The molecule has 110 valence electrons. The molecule has 23 heavy (non-hydrogen) atoms. The average Bonchev–Trinajstić information content (AvgIpc) is 3.21. The van der Waals surface area contributed by atoms with E-state index >= 15 is 0 Å². The van der Waals surface area contributed by atoms with Crippen molar-refractivity contribution in [2.75, 3.05) is 0 Å². The van der Waals surface area contributed by atoms with Gasteiger partial charge in [-0.2, -0.15) is 10.4 Å². The van der Waals surface area contributed by atoms with Crippen molar-refractivity contribution in [1.82, 2.24) is 24.6 Å². The van der Waals surface area contributed by atoms with Crippen LogP contribution in [0.25, 0.3) is 28.2 Å². The molecule has 0 aromatic carbocycles. The maximum atomic E-state index is 9.17. The highest BCUT2D eigenvalue weighted by atomic mass is 15.1. The molecule has 0 radical (unpaired) electrons. The number of pyridine rings is 2. The topological polar surface area (TPSA) is 82.7 Å². The van der Waals surface area contributed by atoms with Crippen LogP contribution >= 0.6 is 0 Å². The van der Waals surface area contributed by atoms with Gasteiger partial charge in [0.2, 0.25) is 0 Å². The number of aromatic nitrogens is 5. The highest BCUT2D eigenvalue weighted by Crippen LogP contribution is 2.29. The Kier molecular flexibility index (Phi) is 2.91. The van der Waals surface area contributed by atoms with E-state index in [9.17, 15) is 0 Å². The number of hydrogen-bond donors (Lipinski definition) is 1. The van der Waals surface area contributed by atoms with Crippen LogP contribution in [0.5, 0.6) is 0 Å². The molecule has 0 amide bonds. The largest absolute Gasteiger partial charge is 0.291 e. The lowest BCUT2D eigenvalue weighted by Crippen LogP contribution is -1.92. The van der Waals surface area contributed by atoms with Gasteiger partial charge in [-0.3, -0.25) is 14.5 Å². The highest BCUT2D eigenvalue weighted by molar-refractivity contribution is 5.79. The summed E-state index contributed by atoms with van der Waals surface area (Å²) in [6.45, 7) is 1.95. The van der Waals surface area contributed by atoms with Gasteiger partial charge >= 0.3 is 0 Å². The van der Waals surface area contributed by atoms with Crippen molar-refractivity contribution in [2.45, 2.75) is 6.92 Å². The van der Waals surface area contributed by atoms with Crippen molar-refractivity contribution >= 4 is 5.65 Å². The summed E-state index contributed by atoms with van der Waals surface area (Å²) < 4.78 is 1.77. The Bertz CT molecular complexity index is 1050. The van der Waals surface area contributed by atoms with E-state index < -0.39 is 0 Å². The number of rotatable bonds is 2. The van der Waals surface area contributed by atoms with Gasteiger partial charge < -0.3 is 0 Å². The Morgan fingerprint density at radius 2 is 2.09 bits per heavy atom. The van der Waals surface area contributed by atoms with E-state index in [4.69, 9.17) is 5.26 Å². The molecule has 0 bridgehead atoms. The van der Waals surface area contributed by atoms with Crippen molar-refractivity contribution in [3.8, 4) is 28.6 Å². The lowest BCUT2D eigenvalue weighted by atomic mass is 10.1. The number of hydrogen-bond acceptors (Lipinski definition) is 4. The van der Waals surface area contributed by atoms with Gasteiger partial charge in [0.15, 0.2) is 0 Å². The number of imidazole rings is 1. The zero-order chi connectivity index (χ0) is 15.8. The van der Waals surface area contributed by atoms with Crippen LogP contribution in [0.3, 0.4) is 0 Å². The Labute approximate surface area is 132 Å². The SMILES string of the molecule is Cc1cccc(-c2[nH]ncc2-c2ccc3ncc(C#N)n3c2)n1. The van der Waals surface area contributed by atoms with Crippen LogP contribution in [0.15, 0.2) is 48.9 Å². The van der Waals surface area contributed by atoms with Crippen LogP contribution < -0.4 is 0 Å². The summed E-state index contributed by atoms with van der Waals surface area (Å²) in [5.74, 6) is 0. The molecule has 4 rings (SSSR count). The minimum Gasteiger partial charge on any atom is -0.291 e. The van der Waals surface area contributed by atoms with E-state index in [-0.39, 0.29) is 0 Å². The van der Waals surface area contributed by atoms with Crippen LogP contribution in [0.1, 0.15) is 11.4 Å². The predicted molar refractivity (Wildman–Crippen MR) is 85.5 cm³/mol. The first-order valence-corrected chi connectivity index (χ1v) is 7.11. The van der Waals surface area contributed by atoms with E-state index in [1.807, 2.05) is 43.5 Å². The molecule has 0 aliphatic rings. The molecule has 6 heteroatoms. The quantitative estimate of drug-likeness (QED) is 0.617. The third-order valence-electron chi connectivity index (χ3n) is 3.71. The minimum absolute atomic E-state index is 0.501. The van der Waals surface area contributed by atoms with Crippen molar-refractivity contribution in [1.29, 1.82) is 5.26 Å². The van der Waals surface area contributed by atoms with Crippen LogP contribution in [0.4, 0.5) is 0 Å². The molecule has 4 heterocycles. The molecule has 0 saturated heterocycles. The average molecular weight is 300 g/mol. The van der Waals surface area contributed by atoms with Crippen molar-refractivity contribution < 1.29 is 0 Å². The van der Waals surface area contributed by atoms with Crippen LogP contribution in [0, 0.1) is 18.3 Å². The number of H-pyrrole nitrogens is 1. The molecular weight excluding hydrogens is 288 g/mol. The molecule has 0 unspecified atom stereocenters. The normalized spacial score (nSPS) is 10.8. The van der Waals surface area contributed by atoms with Gasteiger partial charge in [0.05, 0.1) is 23.8 Å². The second-order valence-electron chi connectivity index (χ2n) is 5.22. The number of nitrogens with one attached hydrogen (secondary N) is 1. The molecular formula is C17H12N6. The number of nitrogens with zero attached hydrogens (tertiary/aromatic N) is 5. The fourth-order valence-corrected chi connectivity index (χ4v) is 2.61. The Morgan fingerprint density at radius 3 is 2.91 bits per heavy atom. The molecule has 0 saturated carbocycles. The van der Waals surface area contributed by atoms with Gasteiger partial charge in [-0.05, 0) is 31.2 Å². The third kappa shape index (κ3) is 2.15. The molecule has 0 aliphatic carbocycles. The van der Waals surface area contributed by atoms with Crippen LogP contribution in [-0.2, 0) is 0 Å². The van der Waals surface area contributed by atoms with Gasteiger partial charge in [-0.15, -0.1) is 0 Å². The summed E-state index contributed by atoms with van der Waals surface area (Å²) >= 11 is 0. The van der Waals surface area contributed by atoms with E-state index in [1.54, 1.807) is 16.8 Å². The molecule has 0 aliphatic heterocycles. The Morgan fingerprint density at radius 1 is 1.17 bits per heavy atom. The molecule has 4 aromatic heterocycles. The monoisotopic (exact) mass is 300 g/mol. The summed E-state index contributed by atoms with van der Waals surface area (Å²) in [6, 6.07) is 11.9. The summed E-state index contributed by atoms with van der Waals surface area (Å²) in [6.07, 6.45) is 5.23. The fourth-order valence-electron chi connectivity index (χ4n) is 2.61. The molecule has 6 nitrogen and oxygen atoms in total. The van der Waals surface area contributed by atoms with E-state index in [1.165, 1.54) is 0 Å². The van der Waals surface area contributed by atoms with Crippen LogP contribution in [-0.4, -0.2) is 24.6 Å². The smallest absolute Gasteiger partial charge is 0.144 e. The number of fused-ring (bicyclic) bond motifs is 1. The molecule has 0 fully saturated rings. The van der Waals surface area contributed by atoms with E-state index in [0.717, 1.165) is 33.9 Å². The zero-order valence-electron chi connectivity index (χ0n) is 12.4. The van der Waals surface area contributed by atoms with Crippen molar-refractivity contribution in [2.24, 2.45) is 0 Å². The third-order valence-corrected chi connectivity index (χ3v) is 3.71. The Hall–Kier alpha value is -3.46. The fraction of sp³-hybridized carbons (Fsp3) is 0.0588. The number of nitriles is 1. The number of aryl methyl sites for hydroxylation is 1. The summed E-state index contributed by atoms with van der Waals surface area (Å²) in [7, 11) is 0. The standard InChI is InChI=1S/C17H12N6/c1-11-3-2-4-15(21-11)17-14(9-20-22-17)12-5-6-16-19-8-13(7-18)23(16)10-12/h2-6,8-10H,1H3,(H,20,22). The first kappa shape index (κ1) is 13.2. The predicted octanol–water partition coefficient (Wildman–Crippen LogP) is 2.97. The first-order chi connectivity index (χ1) is 11.3. The van der Waals surface area contributed by atoms with Crippen molar-refractivity contribution in [3.63, 3.8) is 0 Å². The lowest BCUT2D eigenvalue weighted by Gasteiger charge is -2.05. The minimum atomic E-state index is 0.501. The Balaban J connectivity index is 1.89. The van der Waals surface area contributed by atoms with Crippen LogP contribution in [0.2, 0.25) is 0 Å². The second-order valence-corrected chi connectivity index (χ2v) is 5.22. The zero-order valence-corrected chi connectivity index (χ0v) is 12.4. The maximum absolute atomic E-state index is 9.17. The van der Waals surface area contributed by atoms with Gasteiger partial charge in [-0.25, -0.2) is 4.98 Å². The molecule has 1 N–H and O–H groups in total. The highest BCUT2D eigenvalue weighted by Gasteiger charge is 2.13. The van der Waals surface area contributed by atoms with E-state index in [2.05, 4.69) is 26.2 Å².